The molecule has 0 N–H and O–H groups in total. The molecule has 0 aliphatic carbocycles. The molecular weight excluding hydrogens is 462 g/mol. The quantitative estimate of drug-likeness (QED) is 0.614. The molecule has 0 aromatic heterocycles. The van der Waals surface area contributed by atoms with Crippen molar-refractivity contribution < 1.29 is 17.9 Å². The maximum atomic E-state index is 13.3. The van der Waals surface area contributed by atoms with Gasteiger partial charge in [0.1, 0.15) is 10.6 Å². The summed E-state index contributed by atoms with van der Waals surface area (Å²) in [5.41, 5.74) is 2.58. The zero-order chi connectivity index (χ0) is 23.6. The fraction of sp³-hybridized carbons (Fsp3) is 0.458. The normalized spacial score (nSPS) is 17.4. The fourth-order valence-electron chi connectivity index (χ4n) is 4.44. The molecule has 2 aromatic carbocycles. The Labute approximate surface area is 200 Å². The van der Waals surface area contributed by atoms with E-state index in [0.29, 0.717) is 62.2 Å². The Morgan fingerprint density at radius 2 is 1.70 bits per heavy atom. The molecule has 2 saturated heterocycles. The molecule has 0 atom stereocenters. The summed E-state index contributed by atoms with van der Waals surface area (Å²) in [6.07, 6.45) is 1.69. The number of hydrogen-bond donors (Lipinski definition) is 0. The third kappa shape index (κ3) is 4.98. The lowest BCUT2D eigenvalue weighted by atomic mass is 10.1. The molecule has 0 bridgehead atoms. The fourth-order valence-corrected chi connectivity index (χ4v) is 6.28. The molecule has 9 heteroatoms. The van der Waals surface area contributed by atoms with Crippen LogP contribution < -0.4 is 9.64 Å². The van der Waals surface area contributed by atoms with E-state index < -0.39 is 10.0 Å². The molecule has 33 heavy (non-hydrogen) atoms. The molecular formula is C24H30ClN3O4S. The standard InChI is InChI=1S/C24H30ClN3O4S/c1-3-32-22-9-7-19(16-23(22)33(30,31)28-10-4-5-11-28)24(29)27-14-12-26(13-15-27)21-17-20(25)8-6-18(21)2/h6-9,16-17H,3-5,10-15H2,1-2H3. The van der Waals surface area contributed by atoms with Crippen molar-refractivity contribution in [2.45, 2.75) is 31.6 Å². The average molecular weight is 492 g/mol. The van der Waals surface area contributed by atoms with E-state index in [1.165, 1.54) is 10.4 Å². The number of sulfonamides is 1. The molecule has 4 rings (SSSR count). The Hall–Kier alpha value is -2.29. The van der Waals surface area contributed by atoms with Gasteiger partial charge in [0.25, 0.3) is 5.91 Å². The molecule has 2 aliphatic heterocycles. The van der Waals surface area contributed by atoms with Gasteiger partial charge in [0.05, 0.1) is 6.61 Å². The van der Waals surface area contributed by atoms with Crippen LogP contribution in [-0.4, -0.2) is 69.4 Å². The second kappa shape index (κ2) is 9.91. The monoisotopic (exact) mass is 491 g/mol. The molecule has 0 unspecified atom stereocenters. The molecule has 0 spiro atoms. The van der Waals surface area contributed by atoms with Crippen LogP contribution in [-0.2, 0) is 10.0 Å². The van der Waals surface area contributed by atoms with Gasteiger partial charge in [0.2, 0.25) is 10.0 Å². The minimum absolute atomic E-state index is 0.0743. The van der Waals surface area contributed by atoms with E-state index in [2.05, 4.69) is 4.90 Å². The van der Waals surface area contributed by atoms with Crippen molar-refractivity contribution in [1.29, 1.82) is 0 Å². The van der Waals surface area contributed by atoms with Gasteiger partial charge in [-0.25, -0.2) is 8.42 Å². The van der Waals surface area contributed by atoms with Gasteiger partial charge in [0, 0.05) is 55.5 Å². The molecule has 7 nitrogen and oxygen atoms in total. The number of carbonyl (C=O) groups is 1. The summed E-state index contributed by atoms with van der Waals surface area (Å²) in [4.78, 5) is 17.3. The summed E-state index contributed by atoms with van der Waals surface area (Å²) in [6, 6.07) is 10.6. The SMILES string of the molecule is CCOc1ccc(C(=O)N2CCN(c3cc(Cl)ccc3C)CC2)cc1S(=O)(=O)N1CCCC1. The number of carbonyl (C=O) groups excluding carboxylic acids is 1. The largest absolute Gasteiger partial charge is 0.492 e. The van der Waals surface area contributed by atoms with Crippen LogP contribution in [0.15, 0.2) is 41.3 Å². The van der Waals surface area contributed by atoms with Crippen molar-refractivity contribution in [3.63, 3.8) is 0 Å². The minimum Gasteiger partial charge on any atom is -0.492 e. The lowest BCUT2D eigenvalue weighted by molar-refractivity contribution is 0.0746. The summed E-state index contributed by atoms with van der Waals surface area (Å²) in [5.74, 6) is 0.126. The van der Waals surface area contributed by atoms with Crippen LogP contribution in [0.3, 0.4) is 0 Å². The zero-order valence-electron chi connectivity index (χ0n) is 19.1. The van der Waals surface area contributed by atoms with Crippen LogP contribution in [0.2, 0.25) is 5.02 Å². The second-order valence-electron chi connectivity index (χ2n) is 8.42. The van der Waals surface area contributed by atoms with Crippen molar-refractivity contribution >= 4 is 33.2 Å². The van der Waals surface area contributed by atoms with E-state index in [1.54, 1.807) is 17.0 Å². The van der Waals surface area contributed by atoms with E-state index in [-0.39, 0.29) is 10.8 Å². The second-order valence-corrected chi connectivity index (χ2v) is 10.8. The number of rotatable bonds is 6. The van der Waals surface area contributed by atoms with Crippen LogP contribution in [0.5, 0.6) is 5.75 Å². The Morgan fingerprint density at radius 3 is 2.36 bits per heavy atom. The number of hydrogen-bond acceptors (Lipinski definition) is 5. The minimum atomic E-state index is -3.72. The smallest absolute Gasteiger partial charge is 0.254 e. The third-order valence-electron chi connectivity index (χ3n) is 6.25. The van der Waals surface area contributed by atoms with E-state index >= 15 is 0 Å². The number of halogens is 1. The topological polar surface area (TPSA) is 70.2 Å². The highest BCUT2D eigenvalue weighted by Crippen LogP contribution is 2.31. The van der Waals surface area contributed by atoms with Gasteiger partial charge in [-0.3, -0.25) is 4.79 Å². The van der Waals surface area contributed by atoms with E-state index in [4.69, 9.17) is 16.3 Å². The first-order valence-electron chi connectivity index (χ1n) is 11.4. The highest BCUT2D eigenvalue weighted by Gasteiger charge is 2.32. The van der Waals surface area contributed by atoms with Gasteiger partial charge >= 0.3 is 0 Å². The maximum absolute atomic E-state index is 13.3. The molecule has 2 aromatic rings. The van der Waals surface area contributed by atoms with Gasteiger partial charge in [-0.15, -0.1) is 0 Å². The summed E-state index contributed by atoms with van der Waals surface area (Å²) >= 11 is 6.18. The van der Waals surface area contributed by atoms with Gasteiger partial charge in [-0.05, 0) is 62.6 Å². The predicted octanol–water partition coefficient (Wildman–Crippen LogP) is 3.79. The maximum Gasteiger partial charge on any atom is 0.254 e. The number of piperazine rings is 1. The first-order valence-corrected chi connectivity index (χ1v) is 13.2. The van der Waals surface area contributed by atoms with Crippen molar-refractivity contribution in [3.05, 3.63) is 52.5 Å². The van der Waals surface area contributed by atoms with Crippen LogP contribution in [0.4, 0.5) is 5.69 Å². The molecule has 0 radical (unpaired) electrons. The summed E-state index contributed by atoms with van der Waals surface area (Å²) in [6.45, 7) is 7.66. The van der Waals surface area contributed by atoms with Crippen LogP contribution >= 0.6 is 11.6 Å². The Kier molecular flexibility index (Phi) is 7.16. The number of benzene rings is 2. The number of aryl methyl sites for hydroxylation is 1. The lowest BCUT2D eigenvalue weighted by Crippen LogP contribution is -2.49. The number of amides is 1. The van der Waals surface area contributed by atoms with Crippen molar-refractivity contribution in [3.8, 4) is 5.75 Å². The van der Waals surface area contributed by atoms with Crippen LogP contribution in [0.25, 0.3) is 0 Å². The molecule has 1 amide bonds. The molecule has 2 fully saturated rings. The molecule has 2 heterocycles. The van der Waals surface area contributed by atoms with E-state index in [9.17, 15) is 13.2 Å². The van der Waals surface area contributed by atoms with Crippen molar-refractivity contribution in [2.75, 3.05) is 50.8 Å². The van der Waals surface area contributed by atoms with E-state index in [1.807, 2.05) is 32.0 Å². The predicted molar refractivity (Wildman–Crippen MR) is 130 cm³/mol. The average Bonchev–Trinajstić information content (AvgIpc) is 3.37. The molecule has 178 valence electrons. The molecule has 0 saturated carbocycles. The Balaban J connectivity index is 1.53. The Bertz CT molecular complexity index is 1120. The van der Waals surface area contributed by atoms with Crippen LogP contribution in [0.1, 0.15) is 35.7 Å². The first kappa shape index (κ1) is 23.9. The van der Waals surface area contributed by atoms with Gasteiger partial charge in [-0.2, -0.15) is 4.31 Å². The molecule has 2 aliphatic rings. The van der Waals surface area contributed by atoms with Crippen LogP contribution in [0, 0.1) is 6.92 Å². The summed E-state index contributed by atoms with van der Waals surface area (Å²) < 4.78 is 33.6. The number of anilines is 1. The number of nitrogens with zero attached hydrogens (tertiary/aromatic N) is 3. The van der Waals surface area contributed by atoms with Crippen molar-refractivity contribution in [1.82, 2.24) is 9.21 Å². The van der Waals surface area contributed by atoms with E-state index in [0.717, 1.165) is 24.1 Å². The summed E-state index contributed by atoms with van der Waals surface area (Å²) in [5, 5.41) is 0.690. The summed E-state index contributed by atoms with van der Waals surface area (Å²) in [7, 11) is -3.72. The zero-order valence-corrected chi connectivity index (χ0v) is 20.7. The van der Waals surface area contributed by atoms with Gasteiger partial charge in [-0.1, -0.05) is 17.7 Å². The Morgan fingerprint density at radius 1 is 1.00 bits per heavy atom. The first-order chi connectivity index (χ1) is 15.8. The highest BCUT2D eigenvalue weighted by molar-refractivity contribution is 7.89. The highest BCUT2D eigenvalue weighted by atomic mass is 35.5. The van der Waals surface area contributed by atoms with Gasteiger partial charge in [0.15, 0.2) is 0 Å². The van der Waals surface area contributed by atoms with Gasteiger partial charge < -0.3 is 14.5 Å². The number of ether oxygens (including phenoxy) is 1. The lowest BCUT2D eigenvalue weighted by Gasteiger charge is -2.37. The van der Waals surface area contributed by atoms with Crippen molar-refractivity contribution in [2.24, 2.45) is 0 Å². The third-order valence-corrected chi connectivity index (χ3v) is 8.41.